The zero-order valence-electron chi connectivity index (χ0n) is 12.3. The minimum atomic E-state index is -0.147. The molecule has 1 aliphatic heterocycles. The Bertz CT molecular complexity index is 632. The van der Waals surface area contributed by atoms with Crippen LogP contribution in [0.25, 0.3) is 0 Å². The minimum Gasteiger partial charge on any atom is -0.368 e. The number of aromatic nitrogens is 3. The molecule has 3 rings (SSSR count). The van der Waals surface area contributed by atoms with Crippen LogP contribution >= 0.6 is 0 Å². The van der Waals surface area contributed by atoms with Gasteiger partial charge in [-0.15, -0.1) is 0 Å². The Morgan fingerprint density at radius 1 is 1.32 bits per heavy atom. The molecule has 2 aromatic rings. The summed E-state index contributed by atoms with van der Waals surface area (Å²) in [6.45, 7) is 2.08. The van der Waals surface area contributed by atoms with E-state index in [2.05, 4.69) is 25.2 Å². The van der Waals surface area contributed by atoms with Gasteiger partial charge in [-0.3, -0.25) is 9.78 Å². The van der Waals surface area contributed by atoms with Gasteiger partial charge in [-0.1, -0.05) is 0 Å². The number of carbonyl (C=O) groups excluding carboxylic acids is 1. The van der Waals surface area contributed by atoms with Crippen LogP contribution in [0, 0.1) is 0 Å². The van der Waals surface area contributed by atoms with E-state index in [0.29, 0.717) is 18.7 Å². The summed E-state index contributed by atoms with van der Waals surface area (Å²) in [4.78, 5) is 26.1. The maximum atomic E-state index is 11.5. The van der Waals surface area contributed by atoms with Crippen LogP contribution in [-0.4, -0.2) is 47.6 Å². The first-order valence-electron chi connectivity index (χ1n) is 7.07. The fraction of sp³-hybridized carbons (Fsp3) is 0.333. The van der Waals surface area contributed by atoms with Crippen molar-refractivity contribution >= 4 is 11.6 Å². The molecule has 0 bridgehead atoms. The summed E-state index contributed by atoms with van der Waals surface area (Å²) >= 11 is 0. The molecule has 0 unspecified atom stereocenters. The summed E-state index contributed by atoms with van der Waals surface area (Å²) in [5, 5.41) is 2.58. The van der Waals surface area contributed by atoms with Crippen LogP contribution in [0.5, 0.6) is 0 Å². The highest BCUT2D eigenvalue weighted by atomic mass is 16.5. The molecule has 1 aliphatic rings. The van der Waals surface area contributed by atoms with Crippen molar-refractivity contribution in [2.45, 2.75) is 6.10 Å². The molecule has 2 aromatic heterocycles. The van der Waals surface area contributed by atoms with E-state index in [1.54, 1.807) is 31.7 Å². The molecule has 114 valence electrons. The number of hydrogen-bond donors (Lipinski definition) is 1. The lowest BCUT2D eigenvalue weighted by Gasteiger charge is -2.33. The van der Waals surface area contributed by atoms with Gasteiger partial charge >= 0.3 is 0 Å². The molecule has 1 atom stereocenters. The summed E-state index contributed by atoms with van der Waals surface area (Å²) in [7, 11) is 1.60. The molecule has 0 spiro atoms. The number of amides is 1. The second-order valence-corrected chi connectivity index (χ2v) is 4.95. The standard InChI is InChI=1S/C15H17N5O2/c1-16-15(21)11-2-3-13(19-6-11)14-9-20(4-5-22-14)12-7-17-10-18-8-12/h2-3,6-8,10,14H,4-5,9H2,1H3,(H,16,21)/t14-/m1/s1. The second-order valence-electron chi connectivity index (χ2n) is 4.95. The summed E-state index contributed by atoms with van der Waals surface area (Å²) in [5.41, 5.74) is 2.32. The van der Waals surface area contributed by atoms with E-state index in [-0.39, 0.29) is 12.0 Å². The van der Waals surface area contributed by atoms with E-state index >= 15 is 0 Å². The van der Waals surface area contributed by atoms with Gasteiger partial charge in [0, 0.05) is 19.8 Å². The first-order valence-corrected chi connectivity index (χ1v) is 7.07. The Hall–Kier alpha value is -2.54. The van der Waals surface area contributed by atoms with E-state index in [1.807, 2.05) is 6.07 Å². The SMILES string of the molecule is CNC(=O)c1ccc([C@H]2CN(c3cncnc3)CCO2)nc1. The predicted molar refractivity (Wildman–Crippen MR) is 80.6 cm³/mol. The van der Waals surface area contributed by atoms with Gasteiger partial charge in [0.1, 0.15) is 12.4 Å². The number of ether oxygens (including phenoxy) is 1. The fourth-order valence-corrected chi connectivity index (χ4v) is 2.39. The van der Waals surface area contributed by atoms with Gasteiger partial charge in [0.15, 0.2) is 0 Å². The third-order valence-electron chi connectivity index (χ3n) is 3.58. The first-order chi connectivity index (χ1) is 10.8. The molecule has 3 heterocycles. The monoisotopic (exact) mass is 299 g/mol. The van der Waals surface area contributed by atoms with Crippen molar-refractivity contribution in [3.05, 3.63) is 48.3 Å². The van der Waals surface area contributed by atoms with Gasteiger partial charge in [-0.05, 0) is 12.1 Å². The molecule has 0 radical (unpaired) electrons. The first kappa shape index (κ1) is 14.4. The molecule has 1 fully saturated rings. The molecular formula is C15H17N5O2. The zero-order valence-corrected chi connectivity index (χ0v) is 12.3. The van der Waals surface area contributed by atoms with Crippen LogP contribution in [0.2, 0.25) is 0 Å². The van der Waals surface area contributed by atoms with Gasteiger partial charge < -0.3 is 15.0 Å². The molecule has 1 N–H and O–H groups in total. The summed E-state index contributed by atoms with van der Waals surface area (Å²) in [5.74, 6) is -0.147. The normalized spacial score (nSPS) is 18.0. The van der Waals surface area contributed by atoms with Crippen LogP contribution in [0.3, 0.4) is 0 Å². The lowest BCUT2D eigenvalue weighted by molar-refractivity contribution is 0.0369. The molecule has 22 heavy (non-hydrogen) atoms. The third-order valence-corrected chi connectivity index (χ3v) is 3.58. The largest absolute Gasteiger partial charge is 0.368 e. The van der Waals surface area contributed by atoms with E-state index in [9.17, 15) is 4.79 Å². The minimum absolute atomic E-state index is 0.132. The zero-order chi connectivity index (χ0) is 15.4. The lowest BCUT2D eigenvalue weighted by atomic mass is 10.1. The highest BCUT2D eigenvalue weighted by Crippen LogP contribution is 2.24. The van der Waals surface area contributed by atoms with Crippen molar-refractivity contribution in [3.8, 4) is 0 Å². The van der Waals surface area contributed by atoms with Crippen LogP contribution in [0.4, 0.5) is 5.69 Å². The average molecular weight is 299 g/mol. The van der Waals surface area contributed by atoms with Gasteiger partial charge in [0.25, 0.3) is 5.91 Å². The maximum Gasteiger partial charge on any atom is 0.252 e. The molecule has 7 heteroatoms. The average Bonchev–Trinajstić information content (AvgIpc) is 2.62. The van der Waals surface area contributed by atoms with Crippen molar-refractivity contribution in [1.29, 1.82) is 0 Å². The number of hydrogen-bond acceptors (Lipinski definition) is 6. The van der Waals surface area contributed by atoms with Gasteiger partial charge in [0.2, 0.25) is 0 Å². The summed E-state index contributed by atoms with van der Waals surface area (Å²) in [6.07, 6.45) is 6.53. The van der Waals surface area contributed by atoms with E-state index in [4.69, 9.17) is 4.74 Å². The highest BCUT2D eigenvalue weighted by molar-refractivity contribution is 5.93. The quantitative estimate of drug-likeness (QED) is 0.903. The number of morpholine rings is 1. The van der Waals surface area contributed by atoms with Crippen molar-refractivity contribution < 1.29 is 9.53 Å². The number of rotatable bonds is 3. The number of nitrogens with one attached hydrogen (secondary N) is 1. The van der Waals surface area contributed by atoms with E-state index < -0.39 is 0 Å². The Morgan fingerprint density at radius 3 is 2.82 bits per heavy atom. The smallest absolute Gasteiger partial charge is 0.252 e. The van der Waals surface area contributed by atoms with Crippen LogP contribution < -0.4 is 10.2 Å². The van der Waals surface area contributed by atoms with E-state index in [0.717, 1.165) is 17.9 Å². The van der Waals surface area contributed by atoms with Crippen molar-refractivity contribution in [1.82, 2.24) is 20.3 Å². The van der Waals surface area contributed by atoms with Crippen molar-refractivity contribution in [2.75, 3.05) is 31.6 Å². The Morgan fingerprint density at radius 2 is 2.14 bits per heavy atom. The molecule has 1 saturated heterocycles. The maximum absolute atomic E-state index is 11.5. The predicted octanol–water partition coefficient (Wildman–Crippen LogP) is 0.809. The number of carbonyl (C=O) groups is 1. The Balaban J connectivity index is 1.73. The van der Waals surface area contributed by atoms with Crippen molar-refractivity contribution in [3.63, 3.8) is 0 Å². The number of pyridine rings is 1. The summed E-state index contributed by atoms with van der Waals surface area (Å²) in [6, 6.07) is 3.59. The molecule has 7 nitrogen and oxygen atoms in total. The fourth-order valence-electron chi connectivity index (χ4n) is 2.39. The molecule has 0 aromatic carbocycles. The molecule has 1 amide bonds. The molecule has 0 aliphatic carbocycles. The molecular weight excluding hydrogens is 282 g/mol. The second kappa shape index (κ2) is 6.48. The van der Waals surface area contributed by atoms with Crippen LogP contribution in [0.1, 0.15) is 22.2 Å². The van der Waals surface area contributed by atoms with Gasteiger partial charge in [0.05, 0.1) is 42.5 Å². The van der Waals surface area contributed by atoms with Crippen molar-refractivity contribution in [2.24, 2.45) is 0 Å². The summed E-state index contributed by atoms with van der Waals surface area (Å²) < 4.78 is 5.80. The van der Waals surface area contributed by atoms with Crippen LogP contribution in [0.15, 0.2) is 37.1 Å². The number of nitrogens with zero attached hydrogens (tertiary/aromatic N) is 4. The topological polar surface area (TPSA) is 80.2 Å². The third kappa shape index (κ3) is 3.04. The van der Waals surface area contributed by atoms with E-state index in [1.165, 1.54) is 6.33 Å². The lowest BCUT2D eigenvalue weighted by Crippen LogP contribution is -2.38. The van der Waals surface area contributed by atoms with Gasteiger partial charge in [-0.2, -0.15) is 0 Å². The highest BCUT2D eigenvalue weighted by Gasteiger charge is 2.23. The van der Waals surface area contributed by atoms with Crippen LogP contribution in [-0.2, 0) is 4.74 Å². The molecule has 0 saturated carbocycles. The van der Waals surface area contributed by atoms with Gasteiger partial charge in [-0.25, -0.2) is 9.97 Å². The Labute approximate surface area is 128 Å². The Kier molecular flexibility index (Phi) is 4.24. The number of anilines is 1.